The van der Waals surface area contributed by atoms with Gasteiger partial charge in [-0.05, 0) is 24.0 Å². The first-order valence-electron chi connectivity index (χ1n) is 7.64. The molecule has 0 spiro atoms. The standard InChI is InChI=1S/C17H21ClN4O/c1-12(2)7-8-19-17(23)15-10-22-16(11-20-15)21-9-13-5-3-4-6-14(13)18/h3-6,10-12H,7-9H2,1-2H3,(H,19,23)(H,21,22). The molecular weight excluding hydrogens is 312 g/mol. The third-order valence-electron chi connectivity index (χ3n) is 3.31. The molecule has 6 heteroatoms. The maximum atomic E-state index is 11.9. The summed E-state index contributed by atoms with van der Waals surface area (Å²) < 4.78 is 0. The zero-order chi connectivity index (χ0) is 16.7. The van der Waals surface area contributed by atoms with Gasteiger partial charge in [0.2, 0.25) is 0 Å². The molecule has 5 nitrogen and oxygen atoms in total. The molecule has 0 aliphatic carbocycles. The SMILES string of the molecule is CC(C)CCNC(=O)c1cnc(NCc2ccccc2Cl)cn1. The van der Waals surface area contributed by atoms with Crippen molar-refractivity contribution in [1.82, 2.24) is 15.3 Å². The fourth-order valence-electron chi connectivity index (χ4n) is 1.93. The van der Waals surface area contributed by atoms with Crippen LogP contribution in [0.2, 0.25) is 5.02 Å². The Balaban J connectivity index is 1.87. The highest BCUT2D eigenvalue weighted by molar-refractivity contribution is 6.31. The van der Waals surface area contributed by atoms with Gasteiger partial charge in [0.05, 0.1) is 12.4 Å². The predicted molar refractivity (Wildman–Crippen MR) is 92.6 cm³/mol. The van der Waals surface area contributed by atoms with E-state index < -0.39 is 0 Å². The lowest BCUT2D eigenvalue weighted by Gasteiger charge is -2.08. The first-order valence-corrected chi connectivity index (χ1v) is 8.01. The molecule has 2 rings (SSSR count). The molecule has 0 bridgehead atoms. The maximum absolute atomic E-state index is 11.9. The molecule has 23 heavy (non-hydrogen) atoms. The molecule has 2 aromatic rings. The van der Waals surface area contributed by atoms with Gasteiger partial charge in [-0.2, -0.15) is 0 Å². The van der Waals surface area contributed by atoms with Crippen LogP contribution in [-0.2, 0) is 6.54 Å². The van der Waals surface area contributed by atoms with E-state index in [4.69, 9.17) is 11.6 Å². The Morgan fingerprint density at radius 3 is 2.65 bits per heavy atom. The van der Waals surface area contributed by atoms with Gasteiger partial charge in [0.1, 0.15) is 11.5 Å². The Hall–Kier alpha value is -2.14. The van der Waals surface area contributed by atoms with Crippen molar-refractivity contribution in [3.05, 3.63) is 52.9 Å². The molecule has 0 aliphatic heterocycles. The molecule has 0 saturated heterocycles. The Kier molecular flexibility index (Phi) is 6.35. The lowest BCUT2D eigenvalue weighted by Crippen LogP contribution is -2.26. The van der Waals surface area contributed by atoms with E-state index >= 15 is 0 Å². The van der Waals surface area contributed by atoms with Gasteiger partial charge in [-0.3, -0.25) is 4.79 Å². The summed E-state index contributed by atoms with van der Waals surface area (Å²) in [7, 11) is 0. The van der Waals surface area contributed by atoms with Gasteiger partial charge in [0.25, 0.3) is 5.91 Å². The van der Waals surface area contributed by atoms with Crippen LogP contribution in [0.15, 0.2) is 36.7 Å². The van der Waals surface area contributed by atoms with E-state index in [1.165, 1.54) is 6.20 Å². The summed E-state index contributed by atoms with van der Waals surface area (Å²) >= 11 is 6.10. The number of hydrogen-bond donors (Lipinski definition) is 2. The number of hydrogen-bond acceptors (Lipinski definition) is 4. The van der Waals surface area contributed by atoms with E-state index in [0.29, 0.717) is 35.5 Å². The predicted octanol–water partition coefficient (Wildman–Crippen LogP) is 3.52. The van der Waals surface area contributed by atoms with Crippen molar-refractivity contribution in [3.63, 3.8) is 0 Å². The van der Waals surface area contributed by atoms with Gasteiger partial charge in [0, 0.05) is 18.1 Å². The molecule has 1 aromatic carbocycles. The zero-order valence-electron chi connectivity index (χ0n) is 13.3. The van der Waals surface area contributed by atoms with Crippen LogP contribution in [0.3, 0.4) is 0 Å². The van der Waals surface area contributed by atoms with Crippen LogP contribution in [-0.4, -0.2) is 22.4 Å². The van der Waals surface area contributed by atoms with Crippen molar-refractivity contribution in [2.24, 2.45) is 5.92 Å². The van der Waals surface area contributed by atoms with Crippen molar-refractivity contribution >= 4 is 23.3 Å². The summed E-state index contributed by atoms with van der Waals surface area (Å²) in [6, 6.07) is 7.60. The van der Waals surface area contributed by atoms with Gasteiger partial charge < -0.3 is 10.6 Å². The van der Waals surface area contributed by atoms with Crippen LogP contribution in [0, 0.1) is 5.92 Å². The number of nitrogens with one attached hydrogen (secondary N) is 2. The third kappa shape index (κ3) is 5.53. The van der Waals surface area contributed by atoms with Crippen LogP contribution in [0.1, 0.15) is 36.3 Å². The Labute approximate surface area is 141 Å². The summed E-state index contributed by atoms with van der Waals surface area (Å²) in [6.07, 6.45) is 3.96. The van der Waals surface area contributed by atoms with Gasteiger partial charge in [-0.25, -0.2) is 9.97 Å². The summed E-state index contributed by atoms with van der Waals surface area (Å²) in [6.45, 7) is 5.43. The number of anilines is 1. The van der Waals surface area contributed by atoms with E-state index in [9.17, 15) is 4.79 Å². The topological polar surface area (TPSA) is 66.9 Å². The molecule has 0 fully saturated rings. The second kappa shape index (κ2) is 8.48. The number of nitrogens with zero attached hydrogens (tertiary/aromatic N) is 2. The van der Waals surface area contributed by atoms with Gasteiger partial charge in [0.15, 0.2) is 0 Å². The highest BCUT2D eigenvalue weighted by Crippen LogP contribution is 2.16. The van der Waals surface area contributed by atoms with Crippen molar-refractivity contribution in [2.75, 3.05) is 11.9 Å². The van der Waals surface area contributed by atoms with Crippen molar-refractivity contribution in [2.45, 2.75) is 26.8 Å². The molecular formula is C17H21ClN4O. The smallest absolute Gasteiger partial charge is 0.271 e. The number of carbonyl (C=O) groups is 1. The molecule has 0 atom stereocenters. The fraction of sp³-hybridized carbons (Fsp3) is 0.353. The van der Waals surface area contributed by atoms with E-state index in [-0.39, 0.29) is 5.91 Å². The molecule has 2 N–H and O–H groups in total. The summed E-state index contributed by atoms with van der Waals surface area (Å²) in [4.78, 5) is 20.3. The first-order chi connectivity index (χ1) is 11.1. The molecule has 122 valence electrons. The Bertz CT molecular complexity index is 643. The minimum absolute atomic E-state index is 0.198. The van der Waals surface area contributed by atoms with Crippen molar-refractivity contribution in [3.8, 4) is 0 Å². The number of aromatic nitrogens is 2. The summed E-state index contributed by atoms with van der Waals surface area (Å²) in [5.41, 5.74) is 1.29. The highest BCUT2D eigenvalue weighted by Gasteiger charge is 2.08. The zero-order valence-corrected chi connectivity index (χ0v) is 14.1. The Morgan fingerprint density at radius 1 is 1.22 bits per heavy atom. The molecule has 1 heterocycles. The lowest BCUT2D eigenvalue weighted by molar-refractivity contribution is 0.0946. The number of carbonyl (C=O) groups excluding carboxylic acids is 1. The Morgan fingerprint density at radius 2 is 2.00 bits per heavy atom. The van der Waals surface area contributed by atoms with Crippen molar-refractivity contribution < 1.29 is 4.79 Å². The fourth-order valence-corrected chi connectivity index (χ4v) is 2.13. The monoisotopic (exact) mass is 332 g/mol. The normalized spacial score (nSPS) is 10.6. The highest BCUT2D eigenvalue weighted by atomic mass is 35.5. The molecule has 1 aromatic heterocycles. The van der Waals surface area contributed by atoms with Crippen LogP contribution in [0.25, 0.3) is 0 Å². The molecule has 0 radical (unpaired) electrons. The van der Waals surface area contributed by atoms with E-state index in [1.807, 2.05) is 24.3 Å². The number of benzene rings is 1. The van der Waals surface area contributed by atoms with Crippen LogP contribution in [0.5, 0.6) is 0 Å². The second-order valence-electron chi connectivity index (χ2n) is 5.67. The van der Waals surface area contributed by atoms with E-state index in [1.54, 1.807) is 6.20 Å². The molecule has 1 amide bonds. The van der Waals surface area contributed by atoms with E-state index in [2.05, 4.69) is 34.4 Å². The third-order valence-corrected chi connectivity index (χ3v) is 3.68. The molecule has 0 aliphatic rings. The van der Waals surface area contributed by atoms with Crippen LogP contribution < -0.4 is 10.6 Å². The maximum Gasteiger partial charge on any atom is 0.271 e. The van der Waals surface area contributed by atoms with Crippen molar-refractivity contribution in [1.29, 1.82) is 0 Å². The van der Waals surface area contributed by atoms with Crippen LogP contribution in [0.4, 0.5) is 5.82 Å². The number of amides is 1. The quantitative estimate of drug-likeness (QED) is 0.814. The average molecular weight is 333 g/mol. The molecule has 0 unspecified atom stereocenters. The summed E-state index contributed by atoms with van der Waals surface area (Å²) in [5, 5.41) is 6.67. The average Bonchev–Trinajstić information content (AvgIpc) is 2.54. The minimum atomic E-state index is -0.198. The largest absolute Gasteiger partial charge is 0.365 e. The number of rotatable bonds is 7. The van der Waals surface area contributed by atoms with Gasteiger partial charge in [-0.1, -0.05) is 43.6 Å². The second-order valence-corrected chi connectivity index (χ2v) is 6.08. The summed E-state index contributed by atoms with van der Waals surface area (Å²) in [5.74, 6) is 0.956. The minimum Gasteiger partial charge on any atom is -0.365 e. The van der Waals surface area contributed by atoms with Crippen LogP contribution >= 0.6 is 11.6 Å². The van der Waals surface area contributed by atoms with Gasteiger partial charge >= 0.3 is 0 Å². The lowest BCUT2D eigenvalue weighted by atomic mass is 10.1. The molecule has 0 saturated carbocycles. The van der Waals surface area contributed by atoms with Gasteiger partial charge in [-0.15, -0.1) is 0 Å². The number of halogens is 1. The first kappa shape index (κ1) is 17.2. The van der Waals surface area contributed by atoms with E-state index in [0.717, 1.165) is 12.0 Å².